The van der Waals surface area contributed by atoms with Crippen LogP contribution in [0.5, 0.6) is 5.75 Å². The van der Waals surface area contributed by atoms with E-state index in [0.29, 0.717) is 0 Å². The summed E-state index contributed by atoms with van der Waals surface area (Å²) in [6.07, 6.45) is 4.45. The zero-order valence-corrected chi connectivity index (χ0v) is 13.4. The van der Waals surface area contributed by atoms with Crippen LogP contribution in [0.2, 0.25) is 0 Å². The third-order valence-corrected chi connectivity index (χ3v) is 4.79. The van der Waals surface area contributed by atoms with E-state index in [1.165, 1.54) is 12.1 Å². The molecule has 0 spiro atoms. The molecule has 2 atom stereocenters. The Hall–Kier alpha value is -2.50. The second kappa shape index (κ2) is 5.85. The van der Waals surface area contributed by atoms with Crippen molar-refractivity contribution < 1.29 is 13.9 Å². The Morgan fingerprint density at radius 2 is 2.21 bits per heavy atom. The Kier molecular flexibility index (Phi) is 3.67. The lowest BCUT2D eigenvalue weighted by atomic mass is 9.99. The highest BCUT2D eigenvalue weighted by atomic mass is 19.1. The van der Waals surface area contributed by atoms with Gasteiger partial charge in [-0.25, -0.2) is 14.4 Å². The molecule has 0 saturated carbocycles. The van der Waals surface area contributed by atoms with Gasteiger partial charge in [0, 0.05) is 24.2 Å². The molecule has 124 valence electrons. The van der Waals surface area contributed by atoms with E-state index in [4.69, 9.17) is 4.74 Å². The molecule has 0 aliphatic carbocycles. The van der Waals surface area contributed by atoms with Gasteiger partial charge in [-0.1, -0.05) is 12.1 Å². The van der Waals surface area contributed by atoms with E-state index in [-0.39, 0.29) is 30.3 Å². The van der Waals surface area contributed by atoms with Crippen LogP contribution in [0.1, 0.15) is 36.0 Å². The van der Waals surface area contributed by atoms with Crippen molar-refractivity contribution in [1.82, 2.24) is 14.9 Å². The number of aryl methyl sites for hydroxylation is 1. The van der Waals surface area contributed by atoms with Crippen LogP contribution >= 0.6 is 0 Å². The Bertz CT molecular complexity index is 796. The summed E-state index contributed by atoms with van der Waals surface area (Å²) in [4.78, 5) is 23.3. The van der Waals surface area contributed by atoms with Crippen molar-refractivity contribution in [3.63, 3.8) is 0 Å². The highest BCUT2D eigenvalue weighted by molar-refractivity contribution is 5.79. The van der Waals surface area contributed by atoms with Crippen molar-refractivity contribution >= 4 is 5.91 Å². The van der Waals surface area contributed by atoms with Crippen LogP contribution in [0, 0.1) is 12.7 Å². The molecule has 6 heteroatoms. The van der Waals surface area contributed by atoms with E-state index in [0.717, 1.165) is 36.3 Å². The number of carbonyl (C=O) groups excluding carboxylic acids is 1. The summed E-state index contributed by atoms with van der Waals surface area (Å²) >= 11 is 0. The van der Waals surface area contributed by atoms with Crippen LogP contribution in [0.3, 0.4) is 0 Å². The number of benzene rings is 1. The first-order valence-corrected chi connectivity index (χ1v) is 8.14. The maximum absolute atomic E-state index is 13.6. The zero-order chi connectivity index (χ0) is 16.7. The zero-order valence-electron chi connectivity index (χ0n) is 13.4. The van der Waals surface area contributed by atoms with Gasteiger partial charge in [0.15, 0.2) is 18.2 Å². The molecule has 2 unspecified atom stereocenters. The number of fused-ring (bicyclic) bond motifs is 4. The fourth-order valence-corrected chi connectivity index (χ4v) is 3.73. The molecule has 3 heterocycles. The fraction of sp³-hybridized carbons (Fsp3) is 0.389. The maximum Gasteiger partial charge on any atom is 0.261 e. The number of nitrogens with zero attached hydrogens (tertiary/aromatic N) is 3. The Morgan fingerprint density at radius 1 is 1.38 bits per heavy atom. The molecule has 24 heavy (non-hydrogen) atoms. The van der Waals surface area contributed by atoms with Gasteiger partial charge in [-0.05, 0) is 31.9 Å². The van der Waals surface area contributed by atoms with Crippen LogP contribution in [0.4, 0.5) is 4.39 Å². The number of carbonyl (C=O) groups is 1. The molecule has 2 aliphatic rings. The number of amides is 1. The average molecular weight is 327 g/mol. The first-order chi connectivity index (χ1) is 11.6. The highest BCUT2D eigenvalue weighted by Crippen LogP contribution is 2.42. The molecule has 1 fully saturated rings. The van der Waals surface area contributed by atoms with E-state index in [1.54, 1.807) is 12.1 Å². The lowest BCUT2D eigenvalue weighted by Crippen LogP contribution is -2.44. The fourth-order valence-electron chi connectivity index (χ4n) is 3.73. The smallest absolute Gasteiger partial charge is 0.261 e. The van der Waals surface area contributed by atoms with Gasteiger partial charge in [0.25, 0.3) is 5.91 Å². The molecule has 1 aromatic carbocycles. The monoisotopic (exact) mass is 327 g/mol. The molecule has 4 rings (SSSR count). The van der Waals surface area contributed by atoms with Crippen molar-refractivity contribution in [2.75, 3.05) is 6.61 Å². The molecular weight excluding hydrogens is 309 g/mol. The van der Waals surface area contributed by atoms with Gasteiger partial charge >= 0.3 is 0 Å². The van der Waals surface area contributed by atoms with Gasteiger partial charge in [0.1, 0.15) is 5.82 Å². The summed E-state index contributed by atoms with van der Waals surface area (Å²) in [5.74, 6) is 0.295. The van der Waals surface area contributed by atoms with Crippen molar-refractivity contribution in [1.29, 1.82) is 0 Å². The number of para-hydroxylation sites is 1. The van der Waals surface area contributed by atoms with Gasteiger partial charge in [-0.3, -0.25) is 4.79 Å². The van der Waals surface area contributed by atoms with Gasteiger partial charge in [-0.2, -0.15) is 0 Å². The number of ether oxygens (including phenoxy) is 1. The second-order valence-electron chi connectivity index (χ2n) is 6.29. The SMILES string of the molecule is Cc1ncc2c(n1)CC1CCC2N1C(=O)COc1ccccc1F. The minimum atomic E-state index is -0.457. The Morgan fingerprint density at radius 3 is 3.04 bits per heavy atom. The first kappa shape index (κ1) is 15.1. The number of hydrogen-bond donors (Lipinski definition) is 0. The third-order valence-electron chi connectivity index (χ3n) is 4.79. The summed E-state index contributed by atoms with van der Waals surface area (Å²) in [6, 6.07) is 6.28. The summed E-state index contributed by atoms with van der Waals surface area (Å²) in [5, 5.41) is 0. The van der Waals surface area contributed by atoms with Crippen molar-refractivity contribution in [3.8, 4) is 5.75 Å². The van der Waals surface area contributed by atoms with E-state index in [9.17, 15) is 9.18 Å². The quantitative estimate of drug-likeness (QED) is 0.869. The lowest BCUT2D eigenvalue weighted by Gasteiger charge is -2.35. The molecule has 0 radical (unpaired) electrons. The van der Waals surface area contributed by atoms with E-state index in [2.05, 4.69) is 9.97 Å². The third kappa shape index (κ3) is 2.52. The predicted octanol–water partition coefficient (Wildman–Crippen LogP) is 2.59. The molecular formula is C18H18FN3O2. The van der Waals surface area contributed by atoms with E-state index >= 15 is 0 Å². The van der Waals surface area contributed by atoms with E-state index in [1.807, 2.05) is 18.0 Å². The van der Waals surface area contributed by atoms with Crippen molar-refractivity contribution in [2.45, 2.75) is 38.3 Å². The largest absolute Gasteiger partial charge is 0.481 e. The minimum absolute atomic E-state index is 0.0103. The highest BCUT2D eigenvalue weighted by Gasteiger charge is 2.43. The van der Waals surface area contributed by atoms with Crippen molar-refractivity contribution in [2.24, 2.45) is 0 Å². The normalized spacial score (nSPS) is 21.5. The number of halogens is 1. The predicted molar refractivity (Wildman–Crippen MR) is 85.0 cm³/mol. The number of hydrogen-bond acceptors (Lipinski definition) is 4. The summed E-state index contributed by atoms with van der Waals surface area (Å²) in [7, 11) is 0. The minimum Gasteiger partial charge on any atom is -0.481 e. The van der Waals surface area contributed by atoms with Crippen LogP contribution < -0.4 is 4.74 Å². The molecule has 1 aromatic heterocycles. The molecule has 0 N–H and O–H groups in total. The Balaban J connectivity index is 1.52. The molecule has 2 aromatic rings. The van der Waals surface area contributed by atoms with Crippen LogP contribution in [0.25, 0.3) is 0 Å². The van der Waals surface area contributed by atoms with Crippen LogP contribution in [-0.4, -0.2) is 33.4 Å². The van der Waals surface area contributed by atoms with Gasteiger partial charge in [0.05, 0.1) is 11.7 Å². The van der Waals surface area contributed by atoms with Gasteiger partial charge in [0.2, 0.25) is 0 Å². The molecule has 2 aliphatic heterocycles. The molecule has 1 amide bonds. The summed E-state index contributed by atoms with van der Waals surface area (Å²) in [5.41, 5.74) is 2.09. The Labute approximate surface area is 139 Å². The second-order valence-corrected chi connectivity index (χ2v) is 6.29. The molecule has 5 nitrogen and oxygen atoms in total. The summed E-state index contributed by atoms with van der Waals surface area (Å²) < 4.78 is 19.0. The van der Waals surface area contributed by atoms with Crippen LogP contribution in [0.15, 0.2) is 30.5 Å². The topological polar surface area (TPSA) is 55.3 Å². The van der Waals surface area contributed by atoms with Gasteiger partial charge in [-0.15, -0.1) is 0 Å². The molecule has 2 bridgehead atoms. The van der Waals surface area contributed by atoms with Crippen LogP contribution in [-0.2, 0) is 11.2 Å². The summed E-state index contributed by atoms with van der Waals surface area (Å²) in [6.45, 7) is 1.72. The number of aromatic nitrogens is 2. The van der Waals surface area contributed by atoms with Crippen molar-refractivity contribution in [3.05, 3.63) is 53.4 Å². The standard InChI is InChI=1S/C18H18FN3O2/c1-11-20-9-13-15(21-11)8-12-6-7-16(13)22(12)18(23)10-24-17-5-3-2-4-14(17)19/h2-5,9,12,16H,6-8,10H2,1H3. The van der Waals surface area contributed by atoms with E-state index < -0.39 is 5.82 Å². The average Bonchev–Trinajstić information content (AvgIpc) is 2.89. The molecule has 1 saturated heterocycles. The van der Waals surface area contributed by atoms with Gasteiger partial charge < -0.3 is 9.64 Å². The maximum atomic E-state index is 13.6. The first-order valence-electron chi connectivity index (χ1n) is 8.14. The number of rotatable bonds is 3. The lowest BCUT2D eigenvalue weighted by molar-refractivity contribution is -0.137.